The molecule has 3 aliphatic rings. The van der Waals surface area contributed by atoms with Crippen molar-refractivity contribution in [3.8, 4) is 0 Å². The second kappa shape index (κ2) is 10.7. The Balaban J connectivity index is 1.33. The normalized spacial score (nSPS) is 24.2. The van der Waals surface area contributed by atoms with Gasteiger partial charge in [-0.15, -0.1) is 0 Å². The van der Waals surface area contributed by atoms with E-state index in [0.29, 0.717) is 41.9 Å². The van der Waals surface area contributed by atoms with Gasteiger partial charge in [-0.3, -0.25) is 14.5 Å². The van der Waals surface area contributed by atoms with E-state index >= 15 is 0 Å². The summed E-state index contributed by atoms with van der Waals surface area (Å²) >= 11 is 6.46. The summed E-state index contributed by atoms with van der Waals surface area (Å²) in [5.41, 5.74) is 3.44. The lowest BCUT2D eigenvalue weighted by molar-refractivity contribution is -0.136. The summed E-state index contributed by atoms with van der Waals surface area (Å²) in [5.74, 6) is 1.91. The van der Waals surface area contributed by atoms with E-state index in [1.165, 1.54) is 24.0 Å². The quantitative estimate of drug-likeness (QED) is 0.606. The van der Waals surface area contributed by atoms with Gasteiger partial charge in [0.15, 0.2) is 0 Å². The number of ketones is 1. The molecule has 2 heterocycles. The summed E-state index contributed by atoms with van der Waals surface area (Å²) in [6.07, 6.45) is 6.60. The first-order valence-corrected chi connectivity index (χ1v) is 12.8. The number of piperazine rings is 1. The third kappa shape index (κ3) is 6.33. The van der Waals surface area contributed by atoms with Crippen LogP contribution in [0, 0.1) is 18.8 Å². The van der Waals surface area contributed by atoms with Gasteiger partial charge in [-0.05, 0) is 80.4 Å². The van der Waals surface area contributed by atoms with Crippen LogP contribution in [0.4, 0.5) is 0 Å². The molecule has 1 saturated carbocycles. The highest BCUT2D eigenvalue weighted by Crippen LogP contribution is 2.34. The Morgan fingerprint density at radius 1 is 1.12 bits per heavy atom. The number of nitrogens with one attached hydrogen (secondary N) is 1. The first-order valence-electron chi connectivity index (χ1n) is 12.4. The fourth-order valence-corrected chi connectivity index (χ4v) is 5.57. The predicted molar refractivity (Wildman–Crippen MR) is 129 cm³/mol. The molecule has 1 N–H and O–H groups in total. The van der Waals surface area contributed by atoms with Crippen LogP contribution >= 0.6 is 11.6 Å². The zero-order valence-electron chi connectivity index (χ0n) is 19.7. The molecule has 4 rings (SSSR count). The number of Topliss-reactive ketones (excluding diaryl/α,β-unsaturated/α-hetero) is 1. The maximum absolute atomic E-state index is 12.7. The SMILES string of the molecule is Cc1c(CC(=O)CC2CCNC2)cc(Cl)cc1CN1CCN(C(=O)CCC2CC2)[C@@H](C)C1. The van der Waals surface area contributed by atoms with Gasteiger partial charge in [-0.2, -0.15) is 0 Å². The van der Waals surface area contributed by atoms with Crippen molar-refractivity contribution in [2.75, 3.05) is 32.7 Å². The second-order valence-corrected chi connectivity index (χ2v) is 10.7. The van der Waals surface area contributed by atoms with Gasteiger partial charge >= 0.3 is 0 Å². The van der Waals surface area contributed by atoms with E-state index in [9.17, 15) is 9.59 Å². The molecule has 0 aromatic heterocycles. The van der Waals surface area contributed by atoms with E-state index in [1.807, 2.05) is 12.1 Å². The fourth-order valence-electron chi connectivity index (χ4n) is 5.31. The van der Waals surface area contributed by atoms with Gasteiger partial charge in [-0.25, -0.2) is 0 Å². The Morgan fingerprint density at radius 3 is 2.59 bits per heavy atom. The van der Waals surface area contributed by atoms with Crippen LogP contribution in [0.1, 0.15) is 62.1 Å². The maximum atomic E-state index is 12.7. The van der Waals surface area contributed by atoms with Crippen LogP contribution in [0.25, 0.3) is 0 Å². The van der Waals surface area contributed by atoms with Gasteiger partial charge in [0, 0.05) is 56.5 Å². The van der Waals surface area contributed by atoms with E-state index in [4.69, 9.17) is 11.6 Å². The number of hydrogen-bond acceptors (Lipinski definition) is 4. The highest BCUT2D eigenvalue weighted by molar-refractivity contribution is 6.30. The monoisotopic (exact) mass is 459 g/mol. The number of halogens is 1. The summed E-state index contributed by atoms with van der Waals surface area (Å²) in [6.45, 7) is 9.63. The van der Waals surface area contributed by atoms with Gasteiger partial charge < -0.3 is 10.2 Å². The molecule has 2 aliphatic heterocycles. The zero-order valence-corrected chi connectivity index (χ0v) is 20.4. The number of nitrogens with zero attached hydrogens (tertiary/aromatic N) is 2. The fraction of sp³-hybridized carbons (Fsp3) is 0.692. The van der Waals surface area contributed by atoms with Gasteiger partial charge in [0.05, 0.1) is 0 Å². The largest absolute Gasteiger partial charge is 0.337 e. The van der Waals surface area contributed by atoms with E-state index < -0.39 is 0 Å². The van der Waals surface area contributed by atoms with E-state index in [1.54, 1.807) is 0 Å². The molecule has 0 bridgehead atoms. The minimum Gasteiger partial charge on any atom is -0.337 e. The summed E-state index contributed by atoms with van der Waals surface area (Å²) in [5, 5.41) is 4.05. The summed E-state index contributed by atoms with van der Waals surface area (Å²) in [4.78, 5) is 29.8. The summed E-state index contributed by atoms with van der Waals surface area (Å²) in [6, 6.07) is 4.24. The molecule has 32 heavy (non-hydrogen) atoms. The van der Waals surface area contributed by atoms with Gasteiger partial charge in [0.1, 0.15) is 5.78 Å². The molecule has 2 atom stereocenters. The topological polar surface area (TPSA) is 52.7 Å². The maximum Gasteiger partial charge on any atom is 0.222 e. The zero-order chi connectivity index (χ0) is 22.7. The van der Waals surface area contributed by atoms with Crippen LogP contribution in [-0.2, 0) is 22.6 Å². The Hall–Kier alpha value is -1.43. The number of carbonyl (C=O) groups excluding carboxylic acids is 2. The highest BCUT2D eigenvalue weighted by atomic mass is 35.5. The molecule has 6 heteroatoms. The number of benzene rings is 1. The van der Waals surface area contributed by atoms with Crippen molar-refractivity contribution in [3.05, 3.63) is 33.8 Å². The van der Waals surface area contributed by atoms with Gasteiger partial charge in [0.25, 0.3) is 0 Å². The third-order valence-corrected chi connectivity index (χ3v) is 7.76. The van der Waals surface area contributed by atoms with Crippen molar-refractivity contribution in [3.63, 3.8) is 0 Å². The van der Waals surface area contributed by atoms with Gasteiger partial charge in [-0.1, -0.05) is 24.4 Å². The van der Waals surface area contributed by atoms with E-state index in [2.05, 4.69) is 29.0 Å². The lowest BCUT2D eigenvalue weighted by Crippen LogP contribution is -2.53. The Bertz CT molecular complexity index is 833. The number of hydrogen-bond donors (Lipinski definition) is 1. The minimum absolute atomic E-state index is 0.232. The van der Waals surface area contributed by atoms with E-state index in [-0.39, 0.29) is 6.04 Å². The molecule has 5 nitrogen and oxygen atoms in total. The molecule has 176 valence electrons. The Kier molecular flexibility index (Phi) is 7.91. The average molecular weight is 460 g/mol. The first-order chi connectivity index (χ1) is 15.4. The Labute approximate surface area is 197 Å². The summed E-state index contributed by atoms with van der Waals surface area (Å²) < 4.78 is 0. The highest BCUT2D eigenvalue weighted by Gasteiger charge is 2.29. The molecular weight excluding hydrogens is 422 g/mol. The smallest absolute Gasteiger partial charge is 0.222 e. The molecular formula is C26H38ClN3O2. The lowest BCUT2D eigenvalue weighted by Gasteiger charge is -2.40. The van der Waals surface area contributed by atoms with Crippen molar-refractivity contribution < 1.29 is 9.59 Å². The predicted octanol–water partition coefficient (Wildman–Crippen LogP) is 3.98. The number of rotatable bonds is 9. The molecule has 3 fully saturated rings. The lowest BCUT2D eigenvalue weighted by atomic mass is 9.93. The van der Waals surface area contributed by atoms with Crippen molar-refractivity contribution in [2.45, 2.75) is 71.4 Å². The number of carbonyl (C=O) groups is 2. The van der Waals surface area contributed by atoms with Gasteiger partial charge in [0.2, 0.25) is 5.91 Å². The van der Waals surface area contributed by atoms with Crippen LogP contribution in [0.2, 0.25) is 5.02 Å². The van der Waals surface area contributed by atoms with Crippen molar-refractivity contribution in [1.29, 1.82) is 0 Å². The summed E-state index contributed by atoms with van der Waals surface area (Å²) in [7, 11) is 0. The Morgan fingerprint density at radius 2 is 1.91 bits per heavy atom. The van der Waals surface area contributed by atoms with Crippen molar-refractivity contribution in [2.24, 2.45) is 11.8 Å². The van der Waals surface area contributed by atoms with Crippen LogP contribution in [0.3, 0.4) is 0 Å². The minimum atomic E-state index is 0.232. The second-order valence-electron chi connectivity index (χ2n) is 10.3. The van der Waals surface area contributed by atoms with Crippen molar-refractivity contribution >= 4 is 23.3 Å². The van der Waals surface area contributed by atoms with Crippen LogP contribution in [0.5, 0.6) is 0 Å². The molecule has 2 saturated heterocycles. The first kappa shape index (κ1) is 23.7. The molecule has 0 radical (unpaired) electrons. The molecule has 1 amide bonds. The van der Waals surface area contributed by atoms with Crippen LogP contribution in [-0.4, -0.2) is 60.3 Å². The third-order valence-electron chi connectivity index (χ3n) is 7.54. The molecule has 0 spiro atoms. The number of amides is 1. The molecule has 1 aromatic rings. The van der Waals surface area contributed by atoms with Crippen LogP contribution < -0.4 is 5.32 Å². The molecule has 1 aromatic carbocycles. The average Bonchev–Trinajstić information content (AvgIpc) is 3.44. The van der Waals surface area contributed by atoms with Crippen LogP contribution in [0.15, 0.2) is 12.1 Å². The molecule has 1 aliphatic carbocycles. The standard InChI is InChI=1S/C26H38ClN3O2/c1-18-16-29(9-10-30(18)26(32)6-5-20-3-4-20)17-23-13-24(27)12-22(19(23)2)14-25(31)11-21-7-8-28-15-21/h12-13,18,20-21,28H,3-11,14-17H2,1-2H3/t18-,21?/m0/s1. The van der Waals surface area contributed by atoms with Crippen molar-refractivity contribution in [1.82, 2.24) is 15.1 Å². The van der Waals surface area contributed by atoms with E-state index in [0.717, 1.165) is 63.6 Å². The molecule has 1 unspecified atom stereocenters.